The molecule has 0 atom stereocenters. The lowest BCUT2D eigenvalue weighted by Gasteiger charge is -2.21. The van der Waals surface area contributed by atoms with Crippen molar-refractivity contribution in [1.29, 1.82) is 0 Å². The molecule has 0 radical (unpaired) electrons. The molecule has 1 fully saturated rings. The van der Waals surface area contributed by atoms with Gasteiger partial charge < -0.3 is 4.90 Å². The molecule has 0 amide bonds. The quantitative estimate of drug-likeness (QED) is 0.910. The SMILES string of the molecule is NS(=O)(=O)c1cc(Cl)c(N2CCCC2)c(Cl)c1. The summed E-state index contributed by atoms with van der Waals surface area (Å²) in [6, 6.07) is 2.69. The van der Waals surface area contributed by atoms with Crippen LogP contribution in [-0.4, -0.2) is 21.5 Å². The van der Waals surface area contributed by atoms with E-state index in [-0.39, 0.29) is 4.90 Å². The molecule has 1 heterocycles. The fourth-order valence-corrected chi connectivity index (χ4v) is 3.37. The Balaban J connectivity index is 2.49. The molecular formula is C10H12Cl2N2O2S. The summed E-state index contributed by atoms with van der Waals surface area (Å²) in [5, 5.41) is 5.68. The number of nitrogens with zero attached hydrogens (tertiary/aromatic N) is 1. The standard InChI is InChI=1S/C10H12Cl2N2O2S/c11-8-5-7(17(13,15)16)6-9(12)10(8)14-3-1-2-4-14/h5-6H,1-4H2,(H2,13,15,16). The van der Waals surface area contributed by atoms with Gasteiger partial charge in [-0.25, -0.2) is 13.6 Å². The summed E-state index contributed by atoms with van der Waals surface area (Å²) in [5.41, 5.74) is 0.693. The molecule has 0 aliphatic carbocycles. The van der Waals surface area contributed by atoms with Gasteiger partial charge in [-0.3, -0.25) is 0 Å². The van der Waals surface area contributed by atoms with Gasteiger partial charge in [0, 0.05) is 13.1 Å². The Labute approximate surface area is 110 Å². The highest BCUT2D eigenvalue weighted by Crippen LogP contribution is 2.37. The number of hydrogen-bond donors (Lipinski definition) is 1. The maximum atomic E-state index is 11.2. The van der Waals surface area contributed by atoms with Gasteiger partial charge in [-0.2, -0.15) is 0 Å². The highest BCUT2D eigenvalue weighted by molar-refractivity contribution is 7.89. The maximum absolute atomic E-state index is 11.2. The second-order valence-electron chi connectivity index (χ2n) is 3.97. The zero-order chi connectivity index (χ0) is 12.6. The average Bonchev–Trinajstić information content (AvgIpc) is 2.68. The maximum Gasteiger partial charge on any atom is 0.238 e. The van der Waals surface area contributed by atoms with Crippen molar-refractivity contribution >= 4 is 38.9 Å². The fraction of sp³-hybridized carbons (Fsp3) is 0.400. The van der Waals surface area contributed by atoms with Crippen molar-refractivity contribution in [1.82, 2.24) is 0 Å². The van der Waals surface area contributed by atoms with Gasteiger partial charge in [0.25, 0.3) is 0 Å². The lowest BCUT2D eigenvalue weighted by atomic mass is 10.3. The van der Waals surface area contributed by atoms with E-state index in [1.54, 1.807) is 0 Å². The Morgan fingerprint density at radius 1 is 1.12 bits per heavy atom. The Morgan fingerprint density at radius 3 is 2.00 bits per heavy atom. The number of hydrogen-bond acceptors (Lipinski definition) is 3. The van der Waals surface area contributed by atoms with Gasteiger partial charge in [-0.1, -0.05) is 23.2 Å². The van der Waals surface area contributed by atoms with Crippen molar-refractivity contribution in [3.63, 3.8) is 0 Å². The first-order chi connectivity index (χ1) is 7.89. The Morgan fingerprint density at radius 2 is 1.59 bits per heavy atom. The summed E-state index contributed by atoms with van der Waals surface area (Å²) in [6.07, 6.45) is 2.17. The summed E-state index contributed by atoms with van der Waals surface area (Å²) in [5.74, 6) is 0. The van der Waals surface area contributed by atoms with E-state index in [2.05, 4.69) is 4.90 Å². The first kappa shape index (κ1) is 13.0. The second-order valence-corrected chi connectivity index (χ2v) is 6.35. The lowest BCUT2D eigenvalue weighted by molar-refractivity contribution is 0.598. The lowest BCUT2D eigenvalue weighted by Crippen LogP contribution is -2.19. The number of anilines is 1. The van der Waals surface area contributed by atoms with Crippen LogP contribution in [0.15, 0.2) is 17.0 Å². The third-order valence-electron chi connectivity index (χ3n) is 2.74. The highest BCUT2D eigenvalue weighted by Gasteiger charge is 2.21. The minimum absolute atomic E-state index is 0.0598. The van der Waals surface area contributed by atoms with Gasteiger partial charge >= 0.3 is 0 Å². The molecule has 0 aromatic heterocycles. The van der Waals surface area contributed by atoms with Gasteiger partial charge in [0.2, 0.25) is 10.0 Å². The molecule has 2 rings (SSSR count). The van der Waals surface area contributed by atoms with E-state index >= 15 is 0 Å². The molecule has 4 nitrogen and oxygen atoms in total. The van der Waals surface area contributed by atoms with E-state index in [0.29, 0.717) is 15.7 Å². The predicted octanol–water partition coefficient (Wildman–Crippen LogP) is 2.24. The van der Waals surface area contributed by atoms with Gasteiger partial charge in [0.15, 0.2) is 0 Å². The molecule has 1 aromatic carbocycles. The van der Waals surface area contributed by atoms with E-state index in [4.69, 9.17) is 28.3 Å². The predicted molar refractivity (Wildman–Crippen MR) is 69.3 cm³/mol. The molecule has 0 bridgehead atoms. The number of sulfonamides is 1. The minimum Gasteiger partial charge on any atom is -0.369 e. The smallest absolute Gasteiger partial charge is 0.238 e. The minimum atomic E-state index is -3.78. The van der Waals surface area contributed by atoms with Crippen molar-refractivity contribution in [3.05, 3.63) is 22.2 Å². The van der Waals surface area contributed by atoms with Crippen LogP contribution in [0.1, 0.15) is 12.8 Å². The van der Waals surface area contributed by atoms with E-state index < -0.39 is 10.0 Å². The molecule has 7 heteroatoms. The summed E-state index contributed by atoms with van der Waals surface area (Å²) in [6.45, 7) is 1.77. The van der Waals surface area contributed by atoms with E-state index in [1.165, 1.54) is 12.1 Å². The monoisotopic (exact) mass is 294 g/mol. The molecule has 0 saturated carbocycles. The van der Waals surface area contributed by atoms with Gasteiger partial charge in [-0.15, -0.1) is 0 Å². The zero-order valence-corrected chi connectivity index (χ0v) is 11.3. The van der Waals surface area contributed by atoms with Crippen molar-refractivity contribution in [3.8, 4) is 0 Å². The first-order valence-corrected chi connectivity index (χ1v) is 7.46. The fourth-order valence-electron chi connectivity index (χ4n) is 1.95. The van der Waals surface area contributed by atoms with Crippen LogP contribution in [0.2, 0.25) is 10.0 Å². The molecule has 2 N–H and O–H groups in total. The van der Waals surface area contributed by atoms with Crippen LogP contribution in [0.3, 0.4) is 0 Å². The van der Waals surface area contributed by atoms with Crippen LogP contribution in [0.25, 0.3) is 0 Å². The average molecular weight is 295 g/mol. The van der Waals surface area contributed by atoms with Crippen LogP contribution < -0.4 is 10.0 Å². The van der Waals surface area contributed by atoms with E-state index in [0.717, 1.165) is 25.9 Å². The third kappa shape index (κ3) is 2.68. The van der Waals surface area contributed by atoms with Crippen LogP contribution in [0, 0.1) is 0 Å². The van der Waals surface area contributed by atoms with Crippen LogP contribution in [0.4, 0.5) is 5.69 Å². The van der Waals surface area contributed by atoms with Crippen molar-refractivity contribution in [2.75, 3.05) is 18.0 Å². The molecule has 1 aliphatic rings. The number of benzene rings is 1. The Hall–Kier alpha value is -0.490. The third-order valence-corrected chi connectivity index (χ3v) is 4.21. The molecule has 0 unspecified atom stereocenters. The Kier molecular flexibility index (Phi) is 3.54. The van der Waals surface area contributed by atoms with E-state index in [9.17, 15) is 8.42 Å². The summed E-state index contributed by atoms with van der Waals surface area (Å²) in [4.78, 5) is 1.99. The van der Waals surface area contributed by atoms with Gasteiger partial charge in [0.05, 0.1) is 20.6 Å². The molecule has 1 aromatic rings. The first-order valence-electron chi connectivity index (χ1n) is 5.16. The second kappa shape index (κ2) is 4.65. The molecule has 1 aliphatic heterocycles. The molecule has 17 heavy (non-hydrogen) atoms. The van der Waals surface area contributed by atoms with Crippen molar-refractivity contribution in [2.24, 2.45) is 5.14 Å². The van der Waals surface area contributed by atoms with Gasteiger partial charge in [0.1, 0.15) is 0 Å². The van der Waals surface area contributed by atoms with Crippen molar-refractivity contribution in [2.45, 2.75) is 17.7 Å². The topological polar surface area (TPSA) is 63.4 Å². The van der Waals surface area contributed by atoms with Crippen LogP contribution in [-0.2, 0) is 10.0 Å². The normalized spacial score (nSPS) is 16.5. The summed E-state index contributed by atoms with van der Waals surface area (Å²) in [7, 11) is -3.78. The molecule has 0 spiro atoms. The summed E-state index contributed by atoms with van der Waals surface area (Å²) < 4.78 is 22.4. The highest BCUT2D eigenvalue weighted by atomic mass is 35.5. The van der Waals surface area contributed by atoms with Crippen LogP contribution in [0.5, 0.6) is 0 Å². The van der Waals surface area contributed by atoms with E-state index in [1.807, 2.05) is 0 Å². The number of halogens is 2. The number of primary sulfonamides is 1. The number of nitrogens with two attached hydrogens (primary N) is 1. The molecular weight excluding hydrogens is 283 g/mol. The van der Waals surface area contributed by atoms with Gasteiger partial charge in [-0.05, 0) is 25.0 Å². The molecule has 1 saturated heterocycles. The largest absolute Gasteiger partial charge is 0.369 e. The summed E-state index contributed by atoms with van der Waals surface area (Å²) >= 11 is 12.1. The van der Waals surface area contributed by atoms with Crippen molar-refractivity contribution < 1.29 is 8.42 Å². The number of rotatable bonds is 2. The molecule has 94 valence electrons. The Bertz CT molecular complexity index is 516. The van der Waals surface area contributed by atoms with Crippen LogP contribution >= 0.6 is 23.2 Å². The zero-order valence-electron chi connectivity index (χ0n) is 8.99.